The molecule has 1 amide bonds. The summed E-state index contributed by atoms with van der Waals surface area (Å²) in [7, 11) is 1.48. The van der Waals surface area contributed by atoms with Gasteiger partial charge in [0.15, 0.2) is 5.69 Å². The number of carbonyl (C=O) groups excluding carboxylic acids is 1. The normalized spacial score (nSPS) is 10.0. The van der Waals surface area contributed by atoms with E-state index in [9.17, 15) is 10.1 Å². The highest BCUT2D eigenvalue weighted by Gasteiger charge is 2.18. The van der Waals surface area contributed by atoms with Gasteiger partial charge in [-0.25, -0.2) is 4.68 Å². The average molecular weight is 295 g/mol. The largest absolute Gasteiger partial charge is 0.355 e. The monoisotopic (exact) mass is 294 g/mol. The first kappa shape index (κ1) is 13.4. The van der Waals surface area contributed by atoms with Gasteiger partial charge in [-0.05, 0) is 18.2 Å². The Labute approximate surface area is 119 Å². The van der Waals surface area contributed by atoms with Gasteiger partial charge in [0.1, 0.15) is 6.07 Å². The van der Waals surface area contributed by atoms with E-state index in [1.165, 1.54) is 17.9 Å². The van der Waals surface area contributed by atoms with Crippen molar-refractivity contribution >= 4 is 29.1 Å². The zero-order chi connectivity index (χ0) is 14.0. The second kappa shape index (κ2) is 5.31. The quantitative estimate of drug-likeness (QED) is 0.924. The van der Waals surface area contributed by atoms with Crippen LogP contribution in [0.2, 0.25) is 10.0 Å². The predicted molar refractivity (Wildman–Crippen MR) is 71.7 cm³/mol. The van der Waals surface area contributed by atoms with Gasteiger partial charge in [0, 0.05) is 12.1 Å². The van der Waals surface area contributed by atoms with Crippen molar-refractivity contribution in [2.45, 2.75) is 0 Å². The van der Waals surface area contributed by atoms with Crippen molar-refractivity contribution in [3.05, 3.63) is 45.7 Å². The molecule has 0 aliphatic carbocycles. The summed E-state index contributed by atoms with van der Waals surface area (Å²) >= 11 is 11.9. The number of halogens is 2. The first-order chi connectivity index (χ1) is 9.08. The Bertz CT molecular complexity index is 688. The number of rotatable bonds is 2. The summed E-state index contributed by atoms with van der Waals surface area (Å²) in [6.45, 7) is 0. The fourth-order valence-electron chi connectivity index (χ4n) is 1.59. The summed E-state index contributed by atoms with van der Waals surface area (Å²) in [5, 5.41) is 16.5. The summed E-state index contributed by atoms with van der Waals surface area (Å²) in [4.78, 5) is 11.6. The number of benzene rings is 1. The average Bonchev–Trinajstić information content (AvgIpc) is 2.84. The Hall–Kier alpha value is -2.03. The number of nitriles is 1. The van der Waals surface area contributed by atoms with E-state index in [-0.39, 0.29) is 17.2 Å². The predicted octanol–water partition coefficient (Wildman–Crippen LogP) is 2.41. The molecule has 1 N–H and O–H groups in total. The van der Waals surface area contributed by atoms with Gasteiger partial charge in [-0.2, -0.15) is 10.4 Å². The number of amides is 1. The molecular formula is C12H8Cl2N4O. The van der Waals surface area contributed by atoms with Gasteiger partial charge >= 0.3 is 0 Å². The maximum atomic E-state index is 11.6. The summed E-state index contributed by atoms with van der Waals surface area (Å²) in [6.07, 6.45) is 1.31. The van der Waals surface area contributed by atoms with Crippen LogP contribution in [0.1, 0.15) is 16.1 Å². The third-order valence-corrected chi connectivity index (χ3v) is 3.04. The number of nitrogens with zero attached hydrogens (tertiary/aromatic N) is 3. The molecular weight excluding hydrogens is 287 g/mol. The Kier molecular flexibility index (Phi) is 3.74. The highest BCUT2D eigenvalue weighted by Crippen LogP contribution is 2.25. The fraction of sp³-hybridized carbons (Fsp3) is 0.0833. The third kappa shape index (κ3) is 2.41. The number of nitrogens with one attached hydrogen (secondary N) is 1. The topological polar surface area (TPSA) is 70.7 Å². The first-order valence-electron chi connectivity index (χ1n) is 5.24. The zero-order valence-corrected chi connectivity index (χ0v) is 11.3. The van der Waals surface area contributed by atoms with Crippen LogP contribution < -0.4 is 5.32 Å². The fourth-order valence-corrected chi connectivity index (χ4v) is 1.95. The first-order valence-corrected chi connectivity index (χ1v) is 5.99. The highest BCUT2D eigenvalue weighted by atomic mass is 35.5. The van der Waals surface area contributed by atoms with Crippen LogP contribution in [0.25, 0.3) is 5.69 Å². The van der Waals surface area contributed by atoms with E-state index in [0.29, 0.717) is 15.7 Å². The van der Waals surface area contributed by atoms with Crippen molar-refractivity contribution in [1.82, 2.24) is 15.1 Å². The molecule has 0 atom stereocenters. The number of aromatic nitrogens is 2. The van der Waals surface area contributed by atoms with Crippen molar-refractivity contribution in [3.63, 3.8) is 0 Å². The van der Waals surface area contributed by atoms with E-state index in [1.807, 2.05) is 6.07 Å². The van der Waals surface area contributed by atoms with Crippen LogP contribution in [0.15, 0.2) is 24.4 Å². The lowest BCUT2D eigenvalue weighted by molar-refractivity contribution is 0.0963. The second-order valence-corrected chi connectivity index (χ2v) is 4.45. The number of hydrogen-bond acceptors (Lipinski definition) is 3. The summed E-state index contributed by atoms with van der Waals surface area (Å²) in [6, 6.07) is 6.74. The summed E-state index contributed by atoms with van der Waals surface area (Å²) < 4.78 is 1.29. The lowest BCUT2D eigenvalue weighted by Gasteiger charge is -2.06. The minimum atomic E-state index is -0.388. The van der Waals surface area contributed by atoms with Gasteiger partial charge in [0.05, 0.1) is 22.5 Å². The molecule has 5 nitrogen and oxygen atoms in total. The van der Waals surface area contributed by atoms with Gasteiger partial charge in [0.2, 0.25) is 0 Å². The van der Waals surface area contributed by atoms with E-state index >= 15 is 0 Å². The van der Waals surface area contributed by atoms with Crippen LogP contribution in [0.4, 0.5) is 0 Å². The minimum Gasteiger partial charge on any atom is -0.355 e. The maximum absolute atomic E-state index is 11.6. The standard InChI is InChI=1S/C12H8Cl2N4O/c1-16-12(19)8-6-17-18(11(8)5-15)10-4-7(13)2-3-9(10)14/h2-4,6H,1H3,(H,16,19). The van der Waals surface area contributed by atoms with Crippen molar-refractivity contribution in [1.29, 1.82) is 5.26 Å². The van der Waals surface area contributed by atoms with Gasteiger partial charge < -0.3 is 5.32 Å². The smallest absolute Gasteiger partial charge is 0.255 e. The number of carbonyl (C=O) groups is 1. The Morgan fingerprint density at radius 3 is 2.84 bits per heavy atom. The molecule has 0 unspecified atom stereocenters. The van der Waals surface area contributed by atoms with Crippen molar-refractivity contribution in [3.8, 4) is 11.8 Å². The zero-order valence-electron chi connectivity index (χ0n) is 9.82. The molecule has 0 saturated heterocycles. The molecule has 2 aromatic rings. The van der Waals surface area contributed by atoms with Crippen molar-refractivity contribution in [2.75, 3.05) is 7.05 Å². The Morgan fingerprint density at radius 1 is 1.47 bits per heavy atom. The van der Waals surface area contributed by atoms with Crippen LogP contribution in [0.5, 0.6) is 0 Å². The summed E-state index contributed by atoms with van der Waals surface area (Å²) in [5.74, 6) is -0.388. The molecule has 1 heterocycles. The lowest BCUT2D eigenvalue weighted by Crippen LogP contribution is -2.18. The van der Waals surface area contributed by atoms with Gasteiger partial charge in [-0.1, -0.05) is 23.2 Å². The van der Waals surface area contributed by atoms with Crippen molar-refractivity contribution in [2.24, 2.45) is 0 Å². The Balaban J connectivity index is 2.64. The number of hydrogen-bond donors (Lipinski definition) is 1. The maximum Gasteiger partial charge on any atom is 0.255 e. The van der Waals surface area contributed by atoms with E-state index in [0.717, 1.165) is 0 Å². The molecule has 0 fully saturated rings. The molecule has 7 heteroatoms. The third-order valence-electron chi connectivity index (χ3n) is 2.48. The Morgan fingerprint density at radius 2 is 2.21 bits per heavy atom. The van der Waals surface area contributed by atoms with Gasteiger partial charge in [-0.3, -0.25) is 4.79 Å². The van der Waals surface area contributed by atoms with Crippen LogP contribution >= 0.6 is 23.2 Å². The molecule has 0 aliphatic rings. The molecule has 0 spiro atoms. The van der Waals surface area contributed by atoms with E-state index in [1.54, 1.807) is 18.2 Å². The second-order valence-electron chi connectivity index (χ2n) is 3.61. The lowest BCUT2D eigenvalue weighted by atomic mass is 10.2. The van der Waals surface area contributed by atoms with E-state index in [2.05, 4.69) is 10.4 Å². The van der Waals surface area contributed by atoms with Gasteiger partial charge in [0.25, 0.3) is 5.91 Å². The van der Waals surface area contributed by atoms with Crippen LogP contribution in [0, 0.1) is 11.3 Å². The van der Waals surface area contributed by atoms with Crippen LogP contribution in [0.3, 0.4) is 0 Å². The van der Waals surface area contributed by atoms with Crippen LogP contribution in [-0.4, -0.2) is 22.7 Å². The van der Waals surface area contributed by atoms with Crippen molar-refractivity contribution < 1.29 is 4.79 Å². The SMILES string of the molecule is CNC(=O)c1cnn(-c2cc(Cl)ccc2Cl)c1C#N. The van der Waals surface area contributed by atoms with Crippen LogP contribution in [-0.2, 0) is 0 Å². The molecule has 1 aromatic heterocycles. The molecule has 0 bridgehead atoms. The van der Waals surface area contributed by atoms with E-state index in [4.69, 9.17) is 23.2 Å². The molecule has 2 rings (SSSR count). The summed E-state index contributed by atoms with van der Waals surface area (Å²) in [5.41, 5.74) is 0.727. The van der Waals surface area contributed by atoms with Gasteiger partial charge in [-0.15, -0.1) is 0 Å². The van der Waals surface area contributed by atoms with E-state index < -0.39 is 0 Å². The molecule has 96 valence electrons. The minimum absolute atomic E-state index is 0.100. The molecule has 19 heavy (non-hydrogen) atoms. The molecule has 1 aromatic carbocycles. The molecule has 0 radical (unpaired) electrons. The molecule has 0 aliphatic heterocycles. The highest BCUT2D eigenvalue weighted by molar-refractivity contribution is 6.34. The molecule has 0 saturated carbocycles.